The number of hydrogen-bond donors (Lipinski definition) is 0. The van der Waals surface area contributed by atoms with Gasteiger partial charge in [-0.25, -0.2) is 4.98 Å². The molecule has 0 aliphatic rings. The Morgan fingerprint density at radius 1 is 0.833 bits per heavy atom. The number of nitro benzene ring substituents is 2. The van der Waals surface area contributed by atoms with Crippen molar-refractivity contribution in [3.63, 3.8) is 0 Å². The highest BCUT2D eigenvalue weighted by atomic mass is 16.6. The number of nitrogens with zero attached hydrogens (tertiary/aromatic N) is 4. The topological polar surface area (TPSA) is 121 Å². The predicted molar refractivity (Wildman–Crippen MR) is 110 cm³/mol. The highest BCUT2D eigenvalue weighted by Crippen LogP contribution is 2.20. The van der Waals surface area contributed by atoms with Crippen molar-refractivity contribution in [1.82, 2.24) is 9.55 Å². The van der Waals surface area contributed by atoms with Gasteiger partial charge in [0.25, 0.3) is 16.9 Å². The van der Waals surface area contributed by atoms with Crippen molar-refractivity contribution in [2.45, 2.75) is 6.42 Å². The maximum atomic E-state index is 13.2. The summed E-state index contributed by atoms with van der Waals surface area (Å²) in [5, 5.41) is 22.4. The van der Waals surface area contributed by atoms with Gasteiger partial charge >= 0.3 is 0 Å². The molecule has 9 nitrogen and oxygen atoms in total. The molecule has 0 saturated carbocycles. The van der Waals surface area contributed by atoms with E-state index in [2.05, 4.69) is 4.98 Å². The van der Waals surface area contributed by atoms with Crippen molar-refractivity contribution < 1.29 is 9.85 Å². The summed E-state index contributed by atoms with van der Waals surface area (Å²) in [6.07, 6.45) is 0.165. The first kappa shape index (κ1) is 18.9. The van der Waals surface area contributed by atoms with Gasteiger partial charge in [-0.05, 0) is 29.8 Å². The van der Waals surface area contributed by atoms with Gasteiger partial charge in [0.15, 0.2) is 0 Å². The van der Waals surface area contributed by atoms with Gasteiger partial charge in [0.2, 0.25) is 0 Å². The summed E-state index contributed by atoms with van der Waals surface area (Å²) in [4.78, 5) is 38.9. The molecule has 1 heterocycles. The molecule has 9 heteroatoms. The minimum Gasteiger partial charge on any atom is -0.268 e. The molecule has 4 rings (SSSR count). The summed E-state index contributed by atoms with van der Waals surface area (Å²) >= 11 is 0. The van der Waals surface area contributed by atoms with Crippen LogP contribution in [-0.2, 0) is 6.42 Å². The molecular formula is C21H14N4O5. The maximum absolute atomic E-state index is 13.2. The smallest absolute Gasteiger partial charge is 0.268 e. The Kier molecular flexibility index (Phi) is 4.77. The fourth-order valence-electron chi connectivity index (χ4n) is 3.25. The average molecular weight is 402 g/mol. The number of rotatable bonds is 5. The highest BCUT2D eigenvalue weighted by molar-refractivity contribution is 5.77. The fourth-order valence-corrected chi connectivity index (χ4v) is 3.25. The lowest BCUT2D eigenvalue weighted by Gasteiger charge is -2.14. The van der Waals surface area contributed by atoms with Gasteiger partial charge in [0, 0.05) is 30.7 Å². The van der Waals surface area contributed by atoms with Crippen LogP contribution in [0.25, 0.3) is 16.6 Å². The van der Waals surface area contributed by atoms with Crippen LogP contribution in [0.1, 0.15) is 11.4 Å². The van der Waals surface area contributed by atoms with Crippen molar-refractivity contribution in [1.29, 1.82) is 0 Å². The lowest BCUT2D eigenvalue weighted by Crippen LogP contribution is -2.24. The van der Waals surface area contributed by atoms with E-state index in [4.69, 9.17) is 0 Å². The van der Waals surface area contributed by atoms with Crippen molar-refractivity contribution >= 4 is 22.3 Å². The standard InChI is InChI=1S/C21H14N4O5/c26-21-18-6-1-2-7-19(18)22-20(13-14-4-3-5-17(12-14)25(29)30)23(21)15-8-10-16(11-9-15)24(27)28/h1-12H,13H2. The number of non-ortho nitro benzene ring substituents is 2. The Morgan fingerprint density at radius 2 is 1.53 bits per heavy atom. The first-order valence-electron chi connectivity index (χ1n) is 8.93. The minimum absolute atomic E-state index is 0.0578. The molecule has 0 spiro atoms. The first-order valence-corrected chi connectivity index (χ1v) is 8.93. The quantitative estimate of drug-likeness (QED) is 0.370. The molecule has 0 aliphatic heterocycles. The van der Waals surface area contributed by atoms with Gasteiger partial charge in [-0.1, -0.05) is 24.3 Å². The molecule has 0 bridgehead atoms. The van der Waals surface area contributed by atoms with Gasteiger partial charge in [-0.2, -0.15) is 0 Å². The zero-order valence-corrected chi connectivity index (χ0v) is 15.5. The van der Waals surface area contributed by atoms with Crippen molar-refractivity contribution in [3.8, 4) is 5.69 Å². The molecule has 0 fully saturated rings. The van der Waals surface area contributed by atoms with E-state index in [1.165, 1.54) is 41.0 Å². The van der Waals surface area contributed by atoms with Gasteiger partial charge in [-0.15, -0.1) is 0 Å². The number of aromatic nitrogens is 2. The second-order valence-corrected chi connectivity index (χ2v) is 6.56. The molecule has 1 aromatic heterocycles. The molecule has 3 aromatic carbocycles. The maximum Gasteiger partial charge on any atom is 0.269 e. The summed E-state index contributed by atoms with van der Waals surface area (Å²) in [6.45, 7) is 0. The van der Waals surface area contributed by atoms with Crippen LogP contribution in [0.3, 0.4) is 0 Å². The number of hydrogen-bond acceptors (Lipinski definition) is 6. The van der Waals surface area contributed by atoms with Crippen LogP contribution >= 0.6 is 0 Å². The lowest BCUT2D eigenvalue weighted by atomic mass is 10.1. The third kappa shape index (κ3) is 3.51. The Hall–Kier alpha value is -4.40. The normalized spacial score (nSPS) is 10.8. The monoisotopic (exact) mass is 402 g/mol. The molecule has 0 radical (unpaired) electrons. The first-order chi connectivity index (χ1) is 14.4. The molecule has 0 saturated heterocycles. The number of para-hydroxylation sites is 1. The molecule has 30 heavy (non-hydrogen) atoms. The summed E-state index contributed by atoms with van der Waals surface area (Å²) in [7, 11) is 0. The van der Waals surface area contributed by atoms with Gasteiger partial charge in [-0.3, -0.25) is 29.6 Å². The van der Waals surface area contributed by atoms with E-state index in [1.807, 2.05) is 0 Å². The van der Waals surface area contributed by atoms with Gasteiger partial charge < -0.3 is 0 Å². The number of fused-ring (bicyclic) bond motifs is 1. The zero-order valence-electron chi connectivity index (χ0n) is 15.5. The molecule has 148 valence electrons. The molecule has 4 aromatic rings. The van der Waals surface area contributed by atoms with Crippen molar-refractivity contribution in [3.05, 3.63) is 115 Å². The fraction of sp³-hybridized carbons (Fsp3) is 0.0476. The van der Waals surface area contributed by atoms with Crippen LogP contribution in [0.5, 0.6) is 0 Å². The minimum atomic E-state index is -0.519. The molecule has 0 aliphatic carbocycles. The lowest BCUT2D eigenvalue weighted by molar-refractivity contribution is -0.385. The third-order valence-electron chi connectivity index (χ3n) is 4.65. The Bertz CT molecular complexity index is 1350. The van der Waals surface area contributed by atoms with Crippen LogP contribution in [-0.4, -0.2) is 19.4 Å². The van der Waals surface area contributed by atoms with Gasteiger partial charge in [0.05, 0.1) is 26.4 Å². The van der Waals surface area contributed by atoms with E-state index < -0.39 is 9.85 Å². The summed E-state index contributed by atoms with van der Waals surface area (Å²) in [5.74, 6) is 0.369. The molecule has 0 atom stereocenters. The SMILES string of the molecule is O=c1c2ccccc2nc(Cc2cccc([N+](=O)[O-])c2)n1-c1ccc([N+](=O)[O-])cc1. The van der Waals surface area contributed by atoms with E-state index in [-0.39, 0.29) is 23.4 Å². The molecule has 0 unspecified atom stereocenters. The second kappa shape index (κ2) is 7.55. The van der Waals surface area contributed by atoms with Crippen LogP contribution in [0.4, 0.5) is 11.4 Å². The van der Waals surface area contributed by atoms with Crippen LogP contribution in [0.15, 0.2) is 77.6 Å². The van der Waals surface area contributed by atoms with Crippen LogP contribution in [0.2, 0.25) is 0 Å². The largest absolute Gasteiger partial charge is 0.269 e. The number of nitro groups is 2. The average Bonchev–Trinajstić information content (AvgIpc) is 2.74. The predicted octanol–water partition coefficient (Wildman–Crippen LogP) is 3.79. The highest BCUT2D eigenvalue weighted by Gasteiger charge is 2.15. The van der Waals surface area contributed by atoms with E-state index in [1.54, 1.807) is 36.4 Å². The van der Waals surface area contributed by atoms with Gasteiger partial charge in [0.1, 0.15) is 5.82 Å². The zero-order chi connectivity index (χ0) is 21.3. The third-order valence-corrected chi connectivity index (χ3v) is 4.65. The summed E-state index contributed by atoms with van der Waals surface area (Å²) < 4.78 is 1.38. The number of benzene rings is 3. The Labute approximate surface area is 169 Å². The van der Waals surface area contributed by atoms with Crippen LogP contribution < -0.4 is 5.56 Å². The summed E-state index contributed by atoms with van der Waals surface area (Å²) in [5.41, 5.74) is 1.06. The Morgan fingerprint density at radius 3 is 2.23 bits per heavy atom. The second-order valence-electron chi connectivity index (χ2n) is 6.56. The van der Waals surface area contributed by atoms with E-state index >= 15 is 0 Å². The van der Waals surface area contributed by atoms with E-state index in [0.717, 1.165) is 0 Å². The summed E-state index contributed by atoms with van der Waals surface area (Å²) in [6, 6.07) is 18.6. The van der Waals surface area contributed by atoms with E-state index in [9.17, 15) is 25.0 Å². The molecule has 0 N–H and O–H groups in total. The molecular weight excluding hydrogens is 388 g/mol. The molecule has 0 amide bonds. The Balaban J connectivity index is 1.90. The van der Waals surface area contributed by atoms with Crippen molar-refractivity contribution in [2.75, 3.05) is 0 Å². The van der Waals surface area contributed by atoms with E-state index in [0.29, 0.717) is 28.0 Å². The van der Waals surface area contributed by atoms with Crippen LogP contribution in [0, 0.1) is 20.2 Å². The van der Waals surface area contributed by atoms with Crippen molar-refractivity contribution in [2.24, 2.45) is 0 Å².